The predicted molar refractivity (Wildman–Crippen MR) is 153 cm³/mol. The van der Waals surface area contributed by atoms with E-state index in [0.717, 1.165) is 83.6 Å². The van der Waals surface area contributed by atoms with Gasteiger partial charge in [0.05, 0.1) is 11.7 Å². The molecule has 10 rings (SSSR count). The summed E-state index contributed by atoms with van der Waals surface area (Å²) in [5.74, 6) is 1.46. The number of carbonyl (C=O) groups excluding carboxylic acids is 2. The zero-order valence-electron chi connectivity index (χ0n) is 22.4. The Labute approximate surface area is 226 Å². The highest BCUT2D eigenvalue weighted by molar-refractivity contribution is 5.97. The second-order valence-electron chi connectivity index (χ2n) is 11.5. The van der Waals surface area contributed by atoms with Gasteiger partial charge in [-0.1, -0.05) is 43.0 Å². The summed E-state index contributed by atoms with van der Waals surface area (Å²) < 4.78 is 0. The molecule has 8 aliphatic heterocycles. The molecule has 38 heavy (non-hydrogen) atoms. The van der Waals surface area contributed by atoms with Crippen LogP contribution < -0.4 is 10.2 Å². The Balaban J connectivity index is 0.000000116. The van der Waals surface area contributed by atoms with Crippen LogP contribution in [0, 0.1) is 11.8 Å². The van der Waals surface area contributed by atoms with Gasteiger partial charge in [-0.3, -0.25) is 14.5 Å². The molecule has 0 saturated carbocycles. The maximum atomic E-state index is 12.4. The SMILES string of the molecule is C=C1C(=O)C2CCN1CC2.O=C1C2CCN(CC2)C1CN1CCc2ccccc21.c1ccc2c(c1)CCN2. The number of Topliss-reactive ketones (excluding diaryl/α,β-unsaturated/α-hetero) is 2. The van der Waals surface area contributed by atoms with Crippen LogP contribution in [0.15, 0.2) is 60.8 Å². The van der Waals surface area contributed by atoms with Crippen LogP contribution in [0.2, 0.25) is 0 Å². The second-order valence-corrected chi connectivity index (χ2v) is 11.5. The number of fused-ring (bicyclic) bond motifs is 8. The van der Waals surface area contributed by atoms with E-state index in [9.17, 15) is 9.59 Å². The molecule has 1 unspecified atom stereocenters. The number of para-hydroxylation sites is 2. The number of ketones is 2. The summed E-state index contributed by atoms with van der Waals surface area (Å²) in [7, 11) is 0. The van der Waals surface area contributed by atoms with Crippen molar-refractivity contribution in [3.63, 3.8) is 0 Å². The van der Waals surface area contributed by atoms with Crippen molar-refractivity contribution in [1.82, 2.24) is 9.80 Å². The lowest BCUT2D eigenvalue weighted by Gasteiger charge is -2.45. The van der Waals surface area contributed by atoms with Gasteiger partial charge < -0.3 is 15.1 Å². The summed E-state index contributed by atoms with van der Waals surface area (Å²) in [5.41, 5.74) is 6.31. The Kier molecular flexibility index (Phi) is 7.24. The lowest BCUT2D eigenvalue weighted by atomic mass is 9.82. The Morgan fingerprint density at radius 3 is 2.13 bits per heavy atom. The average molecular weight is 513 g/mol. The predicted octanol–water partition coefficient (Wildman–Crippen LogP) is 4.16. The number of benzene rings is 2. The molecule has 6 heteroatoms. The third kappa shape index (κ3) is 4.98. The summed E-state index contributed by atoms with van der Waals surface area (Å²) in [4.78, 5) is 30.6. The molecule has 6 fully saturated rings. The zero-order valence-corrected chi connectivity index (χ0v) is 22.4. The Bertz CT molecular complexity index is 1150. The number of carbonyl (C=O) groups is 2. The van der Waals surface area contributed by atoms with Gasteiger partial charge >= 0.3 is 0 Å². The molecule has 0 radical (unpaired) electrons. The summed E-state index contributed by atoms with van der Waals surface area (Å²) in [6.07, 6.45) is 6.60. The van der Waals surface area contributed by atoms with Crippen LogP contribution >= 0.6 is 0 Å². The van der Waals surface area contributed by atoms with Crippen LogP contribution in [0.25, 0.3) is 0 Å². The fourth-order valence-corrected chi connectivity index (χ4v) is 7.00. The standard InChI is InChI=1S/C16H20N2O.C8H11NO.C8H9N/c19-16-13-6-8-17(9-7-13)15(16)11-18-10-5-12-3-1-2-4-14(12)18;1-6-8(10)7-2-4-9(6)5-3-7;1-2-4-8-7(3-1)5-6-9-8/h1-4,13,15H,5-11H2;7H,1-5H2;1-4,9H,5-6H2. The van der Waals surface area contributed by atoms with E-state index in [1.54, 1.807) is 0 Å². The highest BCUT2D eigenvalue weighted by atomic mass is 16.1. The molecule has 0 aliphatic carbocycles. The molecule has 6 nitrogen and oxygen atoms in total. The van der Waals surface area contributed by atoms with Crippen LogP contribution in [-0.4, -0.2) is 73.2 Å². The number of nitrogens with one attached hydrogen (secondary N) is 1. The summed E-state index contributed by atoms with van der Waals surface area (Å²) in [6, 6.07) is 17.2. The molecule has 8 aliphatic rings. The Morgan fingerprint density at radius 1 is 0.789 bits per heavy atom. The molecular weight excluding hydrogens is 472 g/mol. The van der Waals surface area contributed by atoms with Gasteiger partial charge in [-0.05, 0) is 74.9 Å². The van der Waals surface area contributed by atoms with Crippen molar-refractivity contribution in [3.05, 3.63) is 71.9 Å². The van der Waals surface area contributed by atoms with E-state index in [1.165, 1.54) is 28.9 Å². The number of allylic oxidation sites excluding steroid dienone is 1. The zero-order chi connectivity index (χ0) is 26.1. The summed E-state index contributed by atoms with van der Waals surface area (Å²) in [5, 5.41) is 3.30. The van der Waals surface area contributed by atoms with E-state index in [2.05, 4.69) is 75.1 Å². The van der Waals surface area contributed by atoms with Gasteiger partial charge in [0, 0.05) is 55.9 Å². The van der Waals surface area contributed by atoms with Crippen molar-refractivity contribution in [1.29, 1.82) is 0 Å². The van der Waals surface area contributed by atoms with Crippen LogP contribution in [0.5, 0.6) is 0 Å². The second kappa shape index (κ2) is 10.9. The Hall–Kier alpha value is -3.12. The highest BCUT2D eigenvalue weighted by Crippen LogP contribution is 2.33. The minimum atomic E-state index is 0.152. The van der Waals surface area contributed by atoms with Gasteiger partial charge in [0.2, 0.25) is 0 Å². The molecule has 1 atom stereocenters. The smallest absolute Gasteiger partial charge is 0.181 e. The number of hydrogen-bond acceptors (Lipinski definition) is 6. The molecule has 0 aromatic heterocycles. The van der Waals surface area contributed by atoms with Gasteiger partial charge in [0.15, 0.2) is 11.6 Å². The first-order valence-electron chi connectivity index (χ1n) is 14.5. The first-order valence-corrected chi connectivity index (χ1v) is 14.5. The largest absolute Gasteiger partial charge is 0.384 e. The number of anilines is 2. The van der Waals surface area contributed by atoms with Gasteiger partial charge in [0.25, 0.3) is 0 Å². The van der Waals surface area contributed by atoms with Crippen molar-refractivity contribution in [3.8, 4) is 0 Å². The monoisotopic (exact) mass is 512 g/mol. The first-order chi connectivity index (χ1) is 18.6. The molecule has 0 amide bonds. The minimum Gasteiger partial charge on any atom is -0.384 e. The molecule has 8 heterocycles. The summed E-state index contributed by atoms with van der Waals surface area (Å²) in [6.45, 7) is 11.2. The number of nitrogens with zero attached hydrogens (tertiary/aromatic N) is 3. The lowest BCUT2D eigenvalue weighted by Crippen LogP contribution is -2.59. The van der Waals surface area contributed by atoms with E-state index in [-0.39, 0.29) is 11.8 Å². The maximum absolute atomic E-state index is 12.4. The number of rotatable bonds is 2. The van der Waals surface area contributed by atoms with Crippen molar-refractivity contribution in [2.45, 2.75) is 44.6 Å². The van der Waals surface area contributed by atoms with Gasteiger partial charge in [-0.15, -0.1) is 0 Å². The van der Waals surface area contributed by atoms with E-state index in [1.807, 2.05) is 0 Å². The maximum Gasteiger partial charge on any atom is 0.181 e. The van der Waals surface area contributed by atoms with Gasteiger partial charge in [0.1, 0.15) is 0 Å². The lowest BCUT2D eigenvalue weighted by molar-refractivity contribution is -0.136. The van der Waals surface area contributed by atoms with Gasteiger partial charge in [-0.2, -0.15) is 0 Å². The van der Waals surface area contributed by atoms with Gasteiger partial charge in [-0.25, -0.2) is 0 Å². The molecule has 2 aromatic carbocycles. The third-order valence-corrected chi connectivity index (χ3v) is 9.34. The molecular formula is C32H40N4O2. The third-order valence-electron chi connectivity index (χ3n) is 9.34. The van der Waals surface area contributed by atoms with Crippen LogP contribution in [-0.2, 0) is 22.4 Å². The topological polar surface area (TPSA) is 55.9 Å². The molecule has 2 aromatic rings. The minimum absolute atomic E-state index is 0.152. The first kappa shape index (κ1) is 25.2. The van der Waals surface area contributed by atoms with E-state index in [4.69, 9.17) is 0 Å². The van der Waals surface area contributed by atoms with Crippen LogP contribution in [0.3, 0.4) is 0 Å². The number of hydrogen-bond donors (Lipinski definition) is 1. The van der Waals surface area contributed by atoms with Crippen molar-refractivity contribution < 1.29 is 9.59 Å². The number of piperidine rings is 6. The van der Waals surface area contributed by atoms with Crippen molar-refractivity contribution in [2.24, 2.45) is 11.8 Å². The highest BCUT2D eigenvalue weighted by Gasteiger charge is 2.42. The molecule has 1 N–H and O–H groups in total. The quantitative estimate of drug-likeness (QED) is 0.610. The van der Waals surface area contributed by atoms with E-state index >= 15 is 0 Å². The molecule has 200 valence electrons. The molecule has 6 saturated heterocycles. The van der Waals surface area contributed by atoms with Crippen molar-refractivity contribution in [2.75, 3.05) is 56.0 Å². The summed E-state index contributed by atoms with van der Waals surface area (Å²) >= 11 is 0. The Morgan fingerprint density at radius 2 is 1.47 bits per heavy atom. The molecule has 4 bridgehead atoms. The van der Waals surface area contributed by atoms with Crippen molar-refractivity contribution >= 4 is 22.9 Å². The van der Waals surface area contributed by atoms with E-state index < -0.39 is 0 Å². The average Bonchev–Trinajstić information content (AvgIpc) is 3.62. The molecule has 0 spiro atoms. The normalized spacial score (nSPS) is 26.7. The van der Waals surface area contributed by atoms with Crippen LogP contribution in [0.4, 0.5) is 11.4 Å². The van der Waals surface area contributed by atoms with Crippen LogP contribution in [0.1, 0.15) is 36.8 Å². The fraction of sp³-hybridized carbons (Fsp3) is 0.500. The fourth-order valence-electron chi connectivity index (χ4n) is 7.00. The van der Waals surface area contributed by atoms with E-state index in [0.29, 0.717) is 17.6 Å².